The molecule has 1 fully saturated rings. The van der Waals surface area contributed by atoms with Crippen LogP contribution in [0.2, 0.25) is 0 Å². The fourth-order valence-electron chi connectivity index (χ4n) is 4.50. The Morgan fingerprint density at radius 3 is 2.26 bits per heavy atom. The van der Waals surface area contributed by atoms with Crippen LogP contribution in [0.15, 0.2) is 41.3 Å². The normalized spacial score (nSPS) is 15.4. The molecule has 1 aliphatic rings. The molecule has 1 aromatic heterocycles. The first kappa shape index (κ1) is 26.1. The molecule has 1 aromatic carbocycles. The third kappa shape index (κ3) is 6.77. The van der Waals surface area contributed by atoms with Crippen molar-refractivity contribution in [1.29, 1.82) is 0 Å². The predicted octanol–water partition coefficient (Wildman–Crippen LogP) is 3.56. The van der Waals surface area contributed by atoms with Gasteiger partial charge >= 0.3 is 6.03 Å². The van der Waals surface area contributed by atoms with E-state index in [2.05, 4.69) is 27.4 Å². The molecule has 0 spiro atoms. The molecule has 0 bridgehead atoms. The number of benzene rings is 1. The molecular formula is C25H37N5O3S. The number of nitrogens with one attached hydrogen (secondary N) is 2. The van der Waals surface area contributed by atoms with Crippen molar-refractivity contribution < 1.29 is 13.2 Å². The van der Waals surface area contributed by atoms with E-state index in [0.29, 0.717) is 18.0 Å². The van der Waals surface area contributed by atoms with Crippen LogP contribution in [0.3, 0.4) is 0 Å². The average molecular weight is 488 g/mol. The van der Waals surface area contributed by atoms with Crippen LogP contribution < -0.4 is 10.6 Å². The predicted molar refractivity (Wildman–Crippen MR) is 136 cm³/mol. The number of hydrogen-bond donors (Lipinski definition) is 2. The molecule has 2 heterocycles. The van der Waals surface area contributed by atoms with E-state index in [-0.39, 0.29) is 12.1 Å². The smallest absolute Gasteiger partial charge is 0.319 e. The minimum absolute atomic E-state index is 0.00784. The Balaban J connectivity index is 1.46. The van der Waals surface area contributed by atoms with Crippen LogP contribution in [0.4, 0.5) is 10.5 Å². The minimum Gasteiger partial charge on any atom is -0.337 e. The molecule has 34 heavy (non-hydrogen) atoms. The summed E-state index contributed by atoms with van der Waals surface area (Å²) in [5.41, 5.74) is 3.58. The van der Waals surface area contributed by atoms with Crippen LogP contribution in [0.5, 0.6) is 0 Å². The van der Waals surface area contributed by atoms with Crippen molar-refractivity contribution >= 4 is 21.7 Å². The van der Waals surface area contributed by atoms with Gasteiger partial charge in [0.15, 0.2) is 0 Å². The van der Waals surface area contributed by atoms with Crippen LogP contribution in [0.25, 0.3) is 0 Å². The monoisotopic (exact) mass is 487 g/mol. The van der Waals surface area contributed by atoms with Gasteiger partial charge in [0.1, 0.15) is 0 Å². The van der Waals surface area contributed by atoms with E-state index >= 15 is 0 Å². The second-order valence-corrected chi connectivity index (χ2v) is 10.7. The fourth-order valence-corrected chi connectivity index (χ4v) is 6.19. The Morgan fingerprint density at radius 2 is 1.71 bits per heavy atom. The van der Waals surface area contributed by atoms with Gasteiger partial charge < -0.3 is 15.5 Å². The molecule has 0 unspecified atom stereocenters. The van der Waals surface area contributed by atoms with Crippen molar-refractivity contribution in [2.24, 2.45) is 0 Å². The lowest BCUT2D eigenvalue weighted by Gasteiger charge is -2.37. The molecule has 186 valence electrons. The SMILES string of the molecule is CCc1ccc(S(=O)(=O)N(CC)C2CCN(CCNC(=O)Nc3cc(C)nc(C)c3)CC2)cc1. The number of aromatic nitrogens is 1. The number of carbonyl (C=O) groups excluding carboxylic acids is 1. The van der Waals surface area contributed by atoms with Gasteiger partial charge in [-0.25, -0.2) is 13.2 Å². The largest absolute Gasteiger partial charge is 0.337 e. The molecule has 2 N–H and O–H groups in total. The summed E-state index contributed by atoms with van der Waals surface area (Å²) in [6, 6.07) is 10.6. The summed E-state index contributed by atoms with van der Waals surface area (Å²) >= 11 is 0. The van der Waals surface area contributed by atoms with Gasteiger partial charge in [0, 0.05) is 42.8 Å². The molecule has 0 aliphatic carbocycles. The summed E-state index contributed by atoms with van der Waals surface area (Å²) in [6.07, 6.45) is 2.44. The van der Waals surface area contributed by atoms with Crippen molar-refractivity contribution in [2.45, 2.75) is 57.9 Å². The molecular weight excluding hydrogens is 450 g/mol. The lowest BCUT2D eigenvalue weighted by Crippen LogP contribution is -2.48. The number of nitrogens with zero attached hydrogens (tertiary/aromatic N) is 3. The maximum Gasteiger partial charge on any atom is 0.319 e. The maximum absolute atomic E-state index is 13.2. The topological polar surface area (TPSA) is 94.6 Å². The molecule has 0 radical (unpaired) electrons. The number of aryl methyl sites for hydroxylation is 3. The Morgan fingerprint density at radius 1 is 1.09 bits per heavy atom. The third-order valence-electron chi connectivity index (χ3n) is 6.27. The highest BCUT2D eigenvalue weighted by molar-refractivity contribution is 7.89. The van der Waals surface area contributed by atoms with Gasteiger partial charge in [-0.1, -0.05) is 26.0 Å². The number of likely N-dealkylation sites (tertiary alicyclic amines) is 1. The first-order valence-corrected chi connectivity index (χ1v) is 13.5. The lowest BCUT2D eigenvalue weighted by atomic mass is 10.1. The summed E-state index contributed by atoms with van der Waals surface area (Å²) in [4.78, 5) is 19.2. The van der Waals surface area contributed by atoms with Gasteiger partial charge in [-0.3, -0.25) is 4.98 Å². The Bertz CT molecular complexity index is 1040. The van der Waals surface area contributed by atoms with Crippen LogP contribution in [-0.2, 0) is 16.4 Å². The van der Waals surface area contributed by atoms with Crippen LogP contribution in [-0.4, -0.2) is 67.4 Å². The number of piperidine rings is 1. The van der Waals surface area contributed by atoms with Crippen LogP contribution >= 0.6 is 0 Å². The minimum atomic E-state index is -3.51. The van der Waals surface area contributed by atoms with Crippen molar-refractivity contribution in [3.05, 3.63) is 53.3 Å². The highest BCUT2D eigenvalue weighted by atomic mass is 32.2. The summed E-state index contributed by atoms with van der Waals surface area (Å²) in [6.45, 7) is 11.1. The number of pyridine rings is 1. The zero-order valence-electron chi connectivity index (χ0n) is 20.7. The van der Waals surface area contributed by atoms with E-state index in [1.165, 1.54) is 0 Å². The lowest BCUT2D eigenvalue weighted by molar-refractivity contribution is 0.162. The van der Waals surface area contributed by atoms with E-state index in [1.54, 1.807) is 16.4 Å². The highest BCUT2D eigenvalue weighted by Crippen LogP contribution is 2.24. The van der Waals surface area contributed by atoms with Crippen LogP contribution in [0, 0.1) is 13.8 Å². The van der Waals surface area contributed by atoms with Gasteiger partial charge in [0.25, 0.3) is 0 Å². The zero-order valence-corrected chi connectivity index (χ0v) is 21.5. The average Bonchev–Trinajstić information content (AvgIpc) is 2.79. The van der Waals surface area contributed by atoms with Gasteiger partial charge in [-0.15, -0.1) is 0 Å². The Kier molecular flexibility index (Phi) is 9.04. The maximum atomic E-state index is 13.2. The molecule has 8 nitrogen and oxygen atoms in total. The molecule has 3 rings (SSSR count). The standard InChI is InChI=1S/C25H37N5O3S/c1-5-21-7-9-24(10-8-21)34(32,33)30(6-2)23-11-14-29(15-12-23)16-13-26-25(31)28-22-17-19(3)27-20(4)18-22/h7-10,17-18,23H,5-6,11-16H2,1-4H3,(H2,26,27,28,31). The van der Waals surface area contributed by atoms with Gasteiger partial charge in [0.2, 0.25) is 10.0 Å². The summed E-state index contributed by atoms with van der Waals surface area (Å²) in [5.74, 6) is 0. The summed E-state index contributed by atoms with van der Waals surface area (Å²) in [5, 5.41) is 5.75. The second kappa shape index (κ2) is 11.8. The second-order valence-electron chi connectivity index (χ2n) is 8.80. The highest BCUT2D eigenvalue weighted by Gasteiger charge is 2.32. The molecule has 2 aromatic rings. The molecule has 2 amide bonds. The molecule has 0 atom stereocenters. The number of hydrogen-bond acceptors (Lipinski definition) is 5. The van der Waals surface area contributed by atoms with E-state index in [4.69, 9.17) is 0 Å². The summed E-state index contributed by atoms with van der Waals surface area (Å²) < 4.78 is 28.1. The number of amides is 2. The van der Waals surface area contributed by atoms with Crippen LogP contribution in [0.1, 0.15) is 43.6 Å². The first-order chi connectivity index (χ1) is 16.2. The van der Waals surface area contributed by atoms with Crippen molar-refractivity contribution in [3.63, 3.8) is 0 Å². The zero-order chi connectivity index (χ0) is 24.7. The van der Waals surface area contributed by atoms with Crippen molar-refractivity contribution in [3.8, 4) is 0 Å². The Labute approximate surface area is 203 Å². The van der Waals surface area contributed by atoms with E-state index in [1.807, 2.05) is 45.0 Å². The summed E-state index contributed by atoms with van der Waals surface area (Å²) in [7, 11) is -3.51. The quantitative estimate of drug-likeness (QED) is 0.564. The molecule has 0 saturated carbocycles. The fraction of sp³-hybridized carbons (Fsp3) is 0.520. The molecule has 9 heteroatoms. The first-order valence-electron chi connectivity index (χ1n) is 12.1. The van der Waals surface area contributed by atoms with E-state index < -0.39 is 10.0 Å². The third-order valence-corrected chi connectivity index (χ3v) is 8.31. The Hall–Kier alpha value is -2.49. The number of rotatable bonds is 9. The molecule has 1 aliphatic heterocycles. The number of anilines is 1. The number of sulfonamides is 1. The van der Waals surface area contributed by atoms with E-state index in [9.17, 15) is 13.2 Å². The van der Waals surface area contributed by atoms with E-state index in [0.717, 1.165) is 61.5 Å². The van der Waals surface area contributed by atoms with Crippen molar-refractivity contribution in [1.82, 2.24) is 19.5 Å². The number of carbonyl (C=O) groups is 1. The van der Waals surface area contributed by atoms with Gasteiger partial charge in [-0.05, 0) is 76.0 Å². The van der Waals surface area contributed by atoms with Gasteiger partial charge in [-0.2, -0.15) is 4.31 Å². The molecule has 1 saturated heterocycles. The number of urea groups is 1. The van der Waals surface area contributed by atoms with Gasteiger partial charge in [0.05, 0.1) is 4.90 Å². The van der Waals surface area contributed by atoms with Crippen molar-refractivity contribution in [2.75, 3.05) is 38.0 Å².